The lowest BCUT2D eigenvalue weighted by molar-refractivity contribution is -0.185. The number of likely N-dealkylation sites (N-methyl/N-ethyl adjacent to an activating group) is 1. The van der Waals surface area contributed by atoms with E-state index in [0.29, 0.717) is 44.7 Å². The van der Waals surface area contributed by atoms with Crippen molar-refractivity contribution in [2.24, 2.45) is 5.41 Å². The highest BCUT2D eigenvalue weighted by Gasteiger charge is 2.72. The highest BCUT2D eigenvalue weighted by atomic mass is 35.5. The van der Waals surface area contributed by atoms with E-state index in [1.807, 2.05) is 7.05 Å². The molecule has 4 atom stereocenters. The van der Waals surface area contributed by atoms with Crippen LogP contribution < -0.4 is 16.1 Å². The van der Waals surface area contributed by atoms with Gasteiger partial charge in [0, 0.05) is 38.1 Å². The van der Waals surface area contributed by atoms with Crippen LogP contribution in [0.25, 0.3) is 0 Å². The van der Waals surface area contributed by atoms with Crippen LogP contribution in [0, 0.1) is 5.41 Å². The van der Waals surface area contributed by atoms with Crippen molar-refractivity contribution in [3.05, 3.63) is 0 Å². The van der Waals surface area contributed by atoms with Crippen molar-refractivity contribution >= 4 is 23.4 Å². The Balaban J connectivity index is 1.14. The maximum absolute atomic E-state index is 13.6. The number of nitrogens with one attached hydrogen (secondary N) is 3. The minimum atomic E-state index is -1.07. The zero-order chi connectivity index (χ0) is 19.9. The molecule has 28 heavy (non-hydrogen) atoms. The summed E-state index contributed by atoms with van der Waals surface area (Å²) in [6.07, 6.45) is 3.30. The fraction of sp³-hybridized carbons (Fsp3) is 0.895. The van der Waals surface area contributed by atoms with E-state index in [0.717, 1.165) is 13.0 Å². The number of nitrogens with zero attached hydrogens (tertiary/aromatic N) is 1. The van der Waals surface area contributed by atoms with E-state index in [-0.39, 0.29) is 41.9 Å². The molecule has 1 saturated heterocycles. The second-order valence-corrected chi connectivity index (χ2v) is 9.65. The van der Waals surface area contributed by atoms with Crippen LogP contribution in [0.3, 0.4) is 0 Å². The molecule has 4 aliphatic carbocycles. The number of hydrogen-bond acceptors (Lipinski definition) is 5. The van der Waals surface area contributed by atoms with Gasteiger partial charge in [-0.3, -0.25) is 15.0 Å². The largest absolute Gasteiger partial charge is 0.368 e. The third kappa shape index (κ3) is 3.88. The van der Waals surface area contributed by atoms with E-state index >= 15 is 0 Å². The lowest BCUT2D eigenvalue weighted by atomic mass is 9.39. The lowest BCUT2D eigenvalue weighted by Gasteiger charge is -2.69. The number of hydrogen-bond donors (Lipinski definition) is 3. The first-order valence-corrected chi connectivity index (χ1v) is 10.7. The van der Waals surface area contributed by atoms with Gasteiger partial charge < -0.3 is 15.4 Å². The minimum absolute atomic E-state index is 0.0632. The normalized spacial score (nSPS) is 42.4. The van der Waals surface area contributed by atoms with Gasteiger partial charge in [-0.1, -0.05) is 0 Å². The Morgan fingerprint density at radius 1 is 1.29 bits per heavy atom. The van der Waals surface area contributed by atoms with Gasteiger partial charge in [0.05, 0.1) is 16.9 Å². The minimum Gasteiger partial charge on any atom is -0.368 e. The van der Waals surface area contributed by atoms with Crippen LogP contribution in [-0.2, 0) is 14.3 Å². The molecule has 158 valence electrons. The molecule has 0 spiro atoms. The predicted molar refractivity (Wildman–Crippen MR) is 102 cm³/mol. The zero-order valence-corrected chi connectivity index (χ0v) is 17.1. The number of halogens is 2. The van der Waals surface area contributed by atoms with Crippen molar-refractivity contribution < 1.29 is 18.7 Å². The fourth-order valence-electron chi connectivity index (χ4n) is 5.25. The second kappa shape index (κ2) is 7.70. The van der Waals surface area contributed by atoms with Crippen LogP contribution in [0.1, 0.15) is 44.9 Å². The summed E-state index contributed by atoms with van der Waals surface area (Å²) < 4.78 is 19.2. The predicted octanol–water partition coefficient (Wildman–Crippen LogP) is 0.865. The fourth-order valence-corrected chi connectivity index (χ4v) is 5.48. The maximum Gasteiger partial charge on any atom is 0.246 e. The number of hydrazine groups is 1. The Labute approximate surface area is 170 Å². The van der Waals surface area contributed by atoms with Gasteiger partial charge in [-0.15, -0.1) is 11.6 Å². The van der Waals surface area contributed by atoms with Gasteiger partial charge in [0.25, 0.3) is 0 Å². The van der Waals surface area contributed by atoms with Gasteiger partial charge >= 0.3 is 0 Å². The number of carbonyl (C=O) groups excluding carboxylic acids is 2. The van der Waals surface area contributed by atoms with Crippen molar-refractivity contribution in [3.8, 4) is 0 Å². The van der Waals surface area contributed by atoms with Crippen molar-refractivity contribution in [1.82, 2.24) is 21.1 Å². The summed E-state index contributed by atoms with van der Waals surface area (Å²) in [5.41, 5.74) is 2.68. The third-order valence-electron chi connectivity index (χ3n) is 6.90. The first kappa shape index (κ1) is 20.3. The maximum atomic E-state index is 13.6. The van der Waals surface area contributed by atoms with Crippen molar-refractivity contribution in [2.75, 3.05) is 26.7 Å². The van der Waals surface area contributed by atoms with Crippen LogP contribution in [0.15, 0.2) is 0 Å². The van der Waals surface area contributed by atoms with Gasteiger partial charge in [-0.25, -0.2) is 9.40 Å². The van der Waals surface area contributed by atoms with Crippen molar-refractivity contribution in [3.63, 3.8) is 0 Å². The Bertz CT molecular complexity index is 617. The highest BCUT2D eigenvalue weighted by Crippen LogP contribution is 2.67. The average Bonchev–Trinajstić information content (AvgIpc) is 3.00. The van der Waals surface area contributed by atoms with Crippen molar-refractivity contribution in [1.29, 1.82) is 0 Å². The quantitative estimate of drug-likeness (QED) is 0.536. The first-order valence-electron chi connectivity index (χ1n) is 10.3. The van der Waals surface area contributed by atoms with Gasteiger partial charge in [0.1, 0.15) is 12.8 Å². The second-order valence-electron chi connectivity index (χ2n) is 9.09. The molecule has 5 rings (SSSR count). The Morgan fingerprint density at radius 3 is 2.68 bits per heavy atom. The molecule has 1 aliphatic heterocycles. The molecule has 9 heteroatoms. The summed E-state index contributed by atoms with van der Waals surface area (Å²) in [6, 6.07) is 0.333. The molecule has 7 nitrogen and oxygen atoms in total. The monoisotopic (exact) mass is 416 g/mol. The third-order valence-corrected chi connectivity index (χ3v) is 7.39. The molecule has 5 fully saturated rings. The summed E-state index contributed by atoms with van der Waals surface area (Å²) in [6.45, 7) is 1.53. The van der Waals surface area contributed by atoms with E-state index in [2.05, 4.69) is 21.1 Å². The number of amides is 2. The highest BCUT2D eigenvalue weighted by molar-refractivity contribution is 6.21. The molecule has 0 aromatic carbocycles. The van der Waals surface area contributed by atoms with Gasteiger partial charge in [0.15, 0.2) is 0 Å². The summed E-state index contributed by atoms with van der Waals surface area (Å²) in [5, 5.41) is 7.71. The van der Waals surface area contributed by atoms with Gasteiger partial charge in [-0.2, -0.15) is 0 Å². The van der Waals surface area contributed by atoms with E-state index < -0.39 is 11.5 Å². The summed E-state index contributed by atoms with van der Waals surface area (Å²) in [4.78, 5) is 24.7. The summed E-state index contributed by atoms with van der Waals surface area (Å²) in [7, 11) is 1.99. The topological polar surface area (TPSA) is 82.7 Å². The Kier molecular flexibility index (Phi) is 5.59. The number of carbonyl (C=O) groups is 2. The zero-order valence-electron chi connectivity index (χ0n) is 16.3. The van der Waals surface area contributed by atoms with Crippen molar-refractivity contribution in [2.45, 2.75) is 74.2 Å². The smallest absolute Gasteiger partial charge is 0.246 e. The van der Waals surface area contributed by atoms with Gasteiger partial charge in [0.2, 0.25) is 11.8 Å². The number of rotatable bonds is 7. The average molecular weight is 417 g/mol. The first-order chi connectivity index (χ1) is 13.3. The van der Waals surface area contributed by atoms with Crippen LogP contribution in [0.4, 0.5) is 4.39 Å². The molecule has 0 aromatic heterocycles. The molecule has 3 N–H and O–H groups in total. The molecule has 0 radical (unpaired) electrons. The van der Waals surface area contributed by atoms with E-state index in [1.165, 1.54) is 0 Å². The standard InChI is InChI=1S/C19H30ClFN4O3/c1-25-12(4-5-23-25)7-22-17(27)18-9-19(10-18,11-18)24-16(26)8-28-13-2-3-14(20)15(21)6-13/h12-15,23H,2-11H2,1H3,(H,22,27)(H,24,26). The molecule has 4 saturated carbocycles. The summed E-state index contributed by atoms with van der Waals surface area (Å²) >= 11 is 5.87. The molecule has 4 unspecified atom stereocenters. The van der Waals surface area contributed by atoms with E-state index in [1.54, 1.807) is 0 Å². The molecule has 5 aliphatic rings. The number of alkyl halides is 2. The van der Waals surface area contributed by atoms with Crippen LogP contribution in [0.5, 0.6) is 0 Å². The SMILES string of the molecule is CN1NCCC1CNC(=O)C12CC(NC(=O)COC3CCC(Cl)C(F)C3)(C1)C2. The molecular weight excluding hydrogens is 387 g/mol. The molecule has 2 amide bonds. The van der Waals surface area contributed by atoms with Crippen LogP contribution in [0.2, 0.25) is 0 Å². The molecule has 2 bridgehead atoms. The summed E-state index contributed by atoms with van der Waals surface area (Å²) in [5.74, 6) is -0.0808. The Morgan fingerprint density at radius 2 is 2.04 bits per heavy atom. The molecular formula is C19H30ClFN4O3. The number of ether oxygens (including phenoxy) is 1. The van der Waals surface area contributed by atoms with Crippen LogP contribution >= 0.6 is 11.6 Å². The Hall–Kier alpha value is -0.960. The van der Waals surface area contributed by atoms with Crippen LogP contribution in [-0.4, -0.2) is 72.8 Å². The molecule has 0 aromatic rings. The van der Waals surface area contributed by atoms with E-state index in [9.17, 15) is 14.0 Å². The van der Waals surface area contributed by atoms with E-state index in [4.69, 9.17) is 16.3 Å². The lowest BCUT2D eigenvalue weighted by Crippen LogP contribution is -2.78. The van der Waals surface area contributed by atoms with Gasteiger partial charge in [-0.05, 0) is 38.5 Å². The molecule has 1 heterocycles.